The summed E-state index contributed by atoms with van der Waals surface area (Å²) in [5, 5.41) is 5.94. The molecule has 0 heterocycles. The van der Waals surface area contributed by atoms with Crippen molar-refractivity contribution in [2.24, 2.45) is 5.92 Å². The number of hydrogen-bond acceptors (Lipinski definition) is 2. The highest BCUT2D eigenvalue weighted by Crippen LogP contribution is 1.91. The fourth-order valence-corrected chi connectivity index (χ4v) is 0.842. The van der Waals surface area contributed by atoms with E-state index in [9.17, 15) is 4.79 Å². The molecule has 0 unspecified atom stereocenters. The number of rotatable bonds is 6. The molecule has 0 aromatic carbocycles. The molecule has 0 aliphatic heterocycles. The van der Waals surface area contributed by atoms with Crippen molar-refractivity contribution < 1.29 is 4.79 Å². The standard InChI is InChI=1S/C9H20N2O.C2H6/c1-8(2)9(12)11-7-5-4-6-10-3;1-2/h8,10H,4-7H2,1-3H3,(H,11,12);1-2H3. The topological polar surface area (TPSA) is 41.1 Å². The molecule has 2 N–H and O–H groups in total. The fourth-order valence-electron chi connectivity index (χ4n) is 0.842. The van der Waals surface area contributed by atoms with E-state index in [4.69, 9.17) is 0 Å². The SMILES string of the molecule is CC.CNCCCCNC(=O)C(C)C. The Morgan fingerprint density at radius 2 is 1.64 bits per heavy atom. The molecule has 3 nitrogen and oxygen atoms in total. The third kappa shape index (κ3) is 11.4. The van der Waals surface area contributed by atoms with Gasteiger partial charge in [0.15, 0.2) is 0 Å². The number of unbranched alkanes of at least 4 members (excludes halogenated alkanes) is 1. The summed E-state index contributed by atoms with van der Waals surface area (Å²) in [6.07, 6.45) is 2.17. The van der Waals surface area contributed by atoms with Gasteiger partial charge in [0.2, 0.25) is 5.91 Å². The van der Waals surface area contributed by atoms with Crippen LogP contribution in [0, 0.1) is 5.92 Å². The van der Waals surface area contributed by atoms with Gasteiger partial charge in [-0.15, -0.1) is 0 Å². The Labute approximate surface area is 88.7 Å². The molecule has 0 saturated carbocycles. The molecule has 0 aliphatic rings. The van der Waals surface area contributed by atoms with Crippen LogP contribution in [0.5, 0.6) is 0 Å². The van der Waals surface area contributed by atoms with Crippen LogP contribution in [0.3, 0.4) is 0 Å². The quantitative estimate of drug-likeness (QED) is 0.645. The van der Waals surface area contributed by atoms with E-state index in [0.29, 0.717) is 0 Å². The molecule has 0 aliphatic carbocycles. The summed E-state index contributed by atoms with van der Waals surface area (Å²) in [4.78, 5) is 11.0. The summed E-state index contributed by atoms with van der Waals surface area (Å²) >= 11 is 0. The number of carbonyl (C=O) groups excluding carboxylic acids is 1. The van der Waals surface area contributed by atoms with Crippen LogP contribution in [0.2, 0.25) is 0 Å². The van der Waals surface area contributed by atoms with Crippen LogP contribution in [-0.2, 0) is 4.79 Å². The number of hydrogen-bond donors (Lipinski definition) is 2. The average Bonchev–Trinajstić information content (AvgIpc) is 2.20. The molecule has 0 fully saturated rings. The zero-order valence-corrected chi connectivity index (χ0v) is 10.3. The lowest BCUT2D eigenvalue weighted by atomic mass is 10.2. The highest BCUT2D eigenvalue weighted by atomic mass is 16.1. The van der Waals surface area contributed by atoms with Crippen LogP contribution in [0.4, 0.5) is 0 Å². The van der Waals surface area contributed by atoms with Crippen LogP contribution < -0.4 is 10.6 Å². The third-order valence-corrected chi connectivity index (χ3v) is 1.68. The van der Waals surface area contributed by atoms with Crippen molar-refractivity contribution in [3.05, 3.63) is 0 Å². The van der Waals surface area contributed by atoms with Crippen molar-refractivity contribution in [3.63, 3.8) is 0 Å². The summed E-state index contributed by atoms with van der Waals surface area (Å²) in [6, 6.07) is 0. The predicted octanol–water partition coefficient (Wildman–Crippen LogP) is 1.78. The van der Waals surface area contributed by atoms with Gasteiger partial charge in [0.05, 0.1) is 0 Å². The first-order chi connectivity index (χ1) is 6.68. The summed E-state index contributed by atoms with van der Waals surface area (Å²) < 4.78 is 0. The largest absolute Gasteiger partial charge is 0.356 e. The van der Waals surface area contributed by atoms with Gasteiger partial charge in [0.1, 0.15) is 0 Å². The van der Waals surface area contributed by atoms with E-state index in [1.807, 2.05) is 34.7 Å². The monoisotopic (exact) mass is 202 g/mol. The van der Waals surface area contributed by atoms with Crippen LogP contribution >= 0.6 is 0 Å². The summed E-state index contributed by atoms with van der Waals surface area (Å²) in [6.45, 7) is 9.64. The molecule has 0 radical (unpaired) electrons. The third-order valence-electron chi connectivity index (χ3n) is 1.68. The van der Waals surface area contributed by atoms with Gasteiger partial charge in [-0.1, -0.05) is 27.7 Å². The van der Waals surface area contributed by atoms with Crippen LogP contribution in [0.15, 0.2) is 0 Å². The van der Waals surface area contributed by atoms with E-state index >= 15 is 0 Å². The van der Waals surface area contributed by atoms with Gasteiger partial charge in [-0.2, -0.15) is 0 Å². The zero-order chi connectivity index (χ0) is 11.4. The van der Waals surface area contributed by atoms with Crippen LogP contribution in [0.25, 0.3) is 0 Å². The smallest absolute Gasteiger partial charge is 0.222 e. The second kappa shape index (κ2) is 12.4. The zero-order valence-electron chi connectivity index (χ0n) is 10.3. The van der Waals surface area contributed by atoms with E-state index in [1.54, 1.807) is 0 Å². The highest BCUT2D eigenvalue weighted by molar-refractivity contribution is 5.77. The van der Waals surface area contributed by atoms with Crippen molar-refractivity contribution in [1.29, 1.82) is 0 Å². The van der Waals surface area contributed by atoms with Crippen molar-refractivity contribution in [1.82, 2.24) is 10.6 Å². The average molecular weight is 202 g/mol. The second-order valence-corrected chi connectivity index (χ2v) is 3.26. The Morgan fingerprint density at radius 1 is 1.14 bits per heavy atom. The van der Waals surface area contributed by atoms with Crippen molar-refractivity contribution in [2.75, 3.05) is 20.1 Å². The maximum Gasteiger partial charge on any atom is 0.222 e. The normalized spacial score (nSPS) is 9.29. The Morgan fingerprint density at radius 3 is 2.07 bits per heavy atom. The molecule has 0 spiro atoms. The number of nitrogens with one attached hydrogen (secondary N) is 2. The Balaban J connectivity index is 0. The van der Waals surface area contributed by atoms with Crippen LogP contribution in [0.1, 0.15) is 40.5 Å². The van der Waals surface area contributed by atoms with Gasteiger partial charge in [0, 0.05) is 12.5 Å². The molecular weight excluding hydrogens is 176 g/mol. The predicted molar refractivity (Wildman–Crippen MR) is 62.4 cm³/mol. The molecule has 86 valence electrons. The summed E-state index contributed by atoms with van der Waals surface area (Å²) in [5.74, 6) is 0.258. The lowest BCUT2D eigenvalue weighted by Gasteiger charge is -2.06. The second-order valence-electron chi connectivity index (χ2n) is 3.26. The molecule has 0 atom stereocenters. The van der Waals surface area contributed by atoms with Gasteiger partial charge in [-0.3, -0.25) is 4.79 Å². The minimum Gasteiger partial charge on any atom is -0.356 e. The first-order valence-electron chi connectivity index (χ1n) is 5.60. The molecule has 0 aromatic rings. The van der Waals surface area contributed by atoms with Gasteiger partial charge < -0.3 is 10.6 Å². The minimum atomic E-state index is 0.106. The van der Waals surface area contributed by atoms with Gasteiger partial charge in [-0.05, 0) is 26.4 Å². The van der Waals surface area contributed by atoms with Crippen molar-refractivity contribution in [2.45, 2.75) is 40.5 Å². The van der Waals surface area contributed by atoms with Crippen molar-refractivity contribution in [3.8, 4) is 0 Å². The van der Waals surface area contributed by atoms with Gasteiger partial charge in [-0.25, -0.2) is 0 Å². The maximum absolute atomic E-state index is 11.0. The van der Waals surface area contributed by atoms with Gasteiger partial charge in [0.25, 0.3) is 0 Å². The summed E-state index contributed by atoms with van der Waals surface area (Å²) in [7, 11) is 1.94. The molecule has 0 saturated heterocycles. The van der Waals surface area contributed by atoms with Crippen LogP contribution in [-0.4, -0.2) is 26.0 Å². The summed E-state index contributed by atoms with van der Waals surface area (Å²) in [5.41, 5.74) is 0. The number of amides is 1. The Bertz CT molecular complexity index is 124. The molecule has 0 bridgehead atoms. The highest BCUT2D eigenvalue weighted by Gasteiger charge is 2.03. The Kier molecular flexibility index (Phi) is 14.1. The molecule has 1 amide bonds. The molecule has 3 heteroatoms. The first kappa shape index (κ1) is 15.9. The molecule has 0 aromatic heterocycles. The molecule has 14 heavy (non-hydrogen) atoms. The Hall–Kier alpha value is -0.570. The lowest BCUT2D eigenvalue weighted by Crippen LogP contribution is -2.28. The van der Waals surface area contributed by atoms with Gasteiger partial charge >= 0.3 is 0 Å². The fraction of sp³-hybridized carbons (Fsp3) is 0.909. The lowest BCUT2D eigenvalue weighted by molar-refractivity contribution is -0.123. The molecule has 0 rings (SSSR count). The van der Waals surface area contributed by atoms with Crippen molar-refractivity contribution >= 4 is 5.91 Å². The maximum atomic E-state index is 11.0. The first-order valence-corrected chi connectivity index (χ1v) is 5.60. The molecular formula is C11H26N2O. The van der Waals surface area contributed by atoms with E-state index in [-0.39, 0.29) is 11.8 Å². The van der Waals surface area contributed by atoms with E-state index < -0.39 is 0 Å². The minimum absolute atomic E-state index is 0.106. The van der Waals surface area contributed by atoms with E-state index in [2.05, 4.69) is 10.6 Å². The number of carbonyl (C=O) groups is 1. The van der Waals surface area contributed by atoms with E-state index in [1.165, 1.54) is 0 Å². The van der Waals surface area contributed by atoms with E-state index in [0.717, 1.165) is 25.9 Å².